The van der Waals surface area contributed by atoms with Crippen LogP contribution >= 0.6 is 7.49 Å². The van der Waals surface area contributed by atoms with Crippen molar-refractivity contribution < 1.29 is 19.5 Å². The molecule has 0 amide bonds. The van der Waals surface area contributed by atoms with Crippen molar-refractivity contribution in [2.45, 2.75) is 58.2 Å². The van der Waals surface area contributed by atoms with Gasteiger partial charge < -0.3 is 10.2 Å². The van der Waals surface area contributed by atoms with E-state index in [0.29, 0.717) is 5.56 Å². The highest BCUT2D eigenvalue weighted by molar-refractivity contribution is 7.86. The number of hydrogen-bond donors (Lipinski definition) is 2. The fraction of sp³-hybridized carbons (Fsp3) is 0.387. The van der Waals surface area contributed by atoms with Gasteiger partial charge in [-0.05, 0) is 55.2 Å². The van der Waals surface area contributed by atoms with Crippen molar-refractivity contribution in [3.05, 3.63) is 96.6 Å². The molecular weight excluding hydrogens is 467 g/mol. The average Bonchev–Trinajstić information content (AvgIpc) is 2.94. The maximum absolute atomic E-state index is 13.6. The van der Waals surface area contributed by atoms with Crippen LogP contribution in [0.1, 0.15) is 62.7 Å². The molecule has 3 atom stereocenters. The van der Waals surface area contributed by atoms with E-state index in [4.69, 9.17) is 4.52 Å². The second-order valence-corrected chi connectivity index (χ2v) is 12.4. The molecule has 0 spiro atoms. The molecule has 0 aliphatic heterocycles. The van der Waals surface area contributed by atoms with Crippen LogP contribution in [0.25, 0.3) is 0 Å². The summed E-state index contributed by atoms with van der Waals surface area (Å²) in [6.07, 6.45) is 5.51. The minimum absolute atomic E-state index is 0.00164. The molecule has 0 radical (unpaired) electrons. The molecule has 2 N–H and O–H groups in total. The Morgan fingerprint density at radius 1 is 0.778 bits per heavy atom. The summed E-state index contributed by atoms with van der Waals surface area (Å²) in [5.41, 5.74) is 0.454. The van der Waals surface area contributed by atoms with Crippen LogP contribution in [0.15, 0.2) is 91.0 Å². The van der Waals surface area contributed by atoms with E-state index in [1.54, 1.807) is 12.1 Å². The van der Waals surface area contributed by atoms with Crippen LogP contribution in [0.5, 0.6) is 0 Å². The van der Waals surface area contributed by atoms with E-state index in [1.807, 2.05) is 78.9 Å². The van der Waals surface area contributed by atoms with Crippen molar-refractivity contribution >= 4 is 24.1 Å². The third-order valence-electron chi connectivity index (χ3n) is 6.93. The summed E-state index contributed by atoms with van der Waals surface area (Å²) in [5, 5.41) is 24.5. The predicted molar refractivity (Wildman–Crippen MR) is 150 cm³/mol. The molecule has 0 aliphatic carbocycles. The molecule has 0 aromatic heterocycles. The lowest BCUT2D eigenvalue weighted by molar-refractivity contribution is 0.0643. The number of hydrogen-bond acceptors (Lipinski definition) is 4. The van der Waals surface area contributed by atoms with Gasteiger partial charge in [0.2, 0.25) is 5.85 Å². The maximum atomic E-state index is 13.6. The van der Waals surface area contributed by atoms with Crippen LogP contribution in [-0.2, 0) is 4.52 Å². The van der Waals surface area contributed by atoms with Gasteiger partial charge in [0.05, 0.1) is 5.56 Å². The Bertz CT molecular complexity index is 987. The first kappa shape index (κ1) is 28.1. The van der Waals surface area contributed by atoms with Crippen LogP contribution in [0.3, 0.4) is 0 Å². The summed E-state index contributed by atoms with van der Waals surface area (Å²) in [5.74, 6) is -1.68. The fourth-order valence-corrected chi connectivity index (χ4v) is 8.67. The first-order valence-corrected chi connectivity index (χ1v) is 14.9. The van der Waals surface area contributed by atoms with Gasteiger partial charge in [0.25, 0.3) is 7.49 Å². The Kier molecular flexibility index (Phi) is 11.1. The lowest BCUT2D eigenvalue weighted by Gasteiger charge is -2.36. The van der Waals surface area contributed by atoms with Crippen molar-refractivity contribution in [1.29, 1.82) is 0 Å². The summed E-state index contributed by atoms with van der Waals surface area (Å²) in [6.45, 7) is 4.27. The molecule has 0 saturated heterocycles. The van der Waals surface area contributed by atoms with E-state index in [0.717, 1.165) is 49.1 Å². The van der Waals surface area contributed by atoms with E-state index in [9.17, 15) is 15.0 Å². The van der Waals surface area contributed by atoms with E-state index in [2.05, 4.69) is 13.8 Å². The minimum atomic E-state index is -3.11. The van der Waals surface area contributed by atoms with Gasteiger partial charge >= 0.3 is 5.97 Å². The largest absolute Gasteiger partial charge is 0.396 e. The van der Waals surface area contributed by atoms with Crippen molar-refractivity contribution in [1.82, 2.24) is 0 Å². The lowest BCUT2D eigenvalue weighted by Crippen LogP contribution is -2.41. The molecule has 3 unspecified atom stereocenters. The Balaban J connectivity index is 2.20. The SMILES string of the molecule is CCCCC(CO)C(CCCC)C(O)[P+](OC(=O)c1ccccc1)(c1ccccc1)c1ccccc1. The van der Waals surface area contributed by atoms with Crippen LogP contribution < -0.4 is 10.6 Å². The van der Waals surface area contributed by atoms with Gasteiger partial charge in [0.15, 0.2) is 0 Å². The Labute approximate surface area is 216 Å². The molecule has 0 bridgehead atoms. The van der Waals surface area contributed by atoms with Gasteiger partial charge in [-0.1, -0.05) is 94.1 Å². The van der Waals surface area contributed by atoms with Crippen molar-refractivity contribution in [2.75, 3.05) is 6.61 Å². The number of aliphatic hydroxyl groups is 2. The molecule has 3 rings (SSSR count). The molecule has 3 aromatic rings. The third kappa shape index (κ3) is 6.62. The zero-order valence-corrected chi connectivity index (χ0v) is 22.4. The number of benzene rings is 3. The smallest absolute Gasteiger partial charge is 0.381 e. The molecule has 0 heterocycles. The highest BCUT2D eigenvalue weighted by Gasteiger charge is 2.59. The van der Waals surface area contributed by atoms with Crippen molar-refractivity contribution in [3.63, 3.8) is 0 Å². The van der Waals surface area contributed by atoms with Crippen molar-refractivity contribution in [3.8, 4) is 0 Å². The van der Waals surface area contributed by atoms with E-state index < -0.39 is 19.3 Å². The number of carbonyl (C=O) groups is 1. The van der Waals surface area contributed by atoms with Gasteiger partial charge in [-0.15, -0.1) is 0 Å². The minimum Gasteiger partial charge on any atom is -0.396 e. The van der Waals surface area contributed by atoms with Crippen molar-refractivity contribution in [2.24, 2.45) is 11.8 Å². The molecule has 0 aliphatic rings. The number of aliphatic hydroxyl groups excluding tert-OH is 2. The third-order valence-corrected chi connectivity index (χ3v) is 10.6. The second kappa shape index (κ2) is 14.3. The molecule has 0 fully saturated rings. The van der Waals surface area contributed by atoms with Crippen LogP contribution in [0, 0.1) is 11.8 Å². The summed E-state index contributed by atoms with van der Waals surface area (Å²) in [6, 6.07) is 28.4. The lowest BCUT2D eigenvalue weighted by atomic mass is 9.85. The average molecular weight is 508 g/mol. The summed E-state index contributed by atoms with van der Waals surface area (Å²) >= 11 is 0. The Morgan fingerprint density at radius 2 is 1.25 bits per heavy atom. The molecule has 3 aromatic carbocycles. The van der Waals surface area contributed by atoms with Gasteiger partial charge in [0.1, 0.15) is 10.6 Å². The highest BCUT2D eigenvalue weighted by atomic mass is 31.2. The fourth-order valence-electron chi connectivity index (χ4n) is 4.92. The zero-order chi connectivity index (χ0) is 25.8. The van der Waals surface area contributed by atoms with Gasteiger partial charge in [-0.25, -0.2) is 4.79 Å². The Hall–Kier alpha value is -2.52. The predicted octanol–water partition coefficient (Wildman–Crippen LogP) is 6.35. The first-order chi connectivity index (χ1) is 17.6. The number of unbranched alkanes of at least 4 members (excludes halogenated alkanes) is 2. The number of carbonyl (C=O) groups excluding carboxylic acids is 1. The summed E-state index contributed by atoms with van der Waals surface area (Å²) < 4.78 is 6.56. The zero-order valence-electron chi connectivity index (χ0n) is 21.5. The highest BCUT2D eigenvalue weighted by Crippen LogP contribution is 2.64. The Morgan fingerprint density at radius 3 is 1.72 bits per heavy atom. The molecule has 4 nitrogen and oxygen atoms in total. The molecule has 192 valence electrons. The number of rotatable bonds is 14. The summed E-state index contributed by atoms with van der Waals surface area (Å²) in [4.78, 5) is 13.6. The van der Waals surface area contributed by atoms with E-state index >= 15 is 0 Å². The molecule has 5 heteroatoms. The second-order valence-electron chi connectivity index (χ2n) is 9.38. The van der Waals surface area contributed by atoms with Gasteiger partial charge in [-0.2, -0.15) is 0 Å². The van der Waals surface area contributed by atoms with Gasteiger partial charge in [0, 0.05) is 12.5 Å². The van der Waals surface area contributed by atoms with Crippen LogP contribution in [0.2, 0.25) is 0 Å². The molecule has 36 heavy (non-hydrogen) atoms. The molecular formula is C31H40O4P+. The van der Waals surface area contributed by atoms with E-state index in [-0.39, 0.29) is 18.4 Å². The standard InChI is InChI=1S/C31H40O4P/c1-3-5-16-26(24-32)29(23-6-4-2)31(34)36(27-19-12-8-13-20-27,28-21-14-9-15-22-28)35-30(33)25-17-10-7-11-18-25/h7-15,17-22,26,29,31-32,34H,3-6,16,23-24H2,1-2H3/q+1. The topological polar surface area (TPSA) is 66.8 Å². The van der Waals surface area contributed by atoms with Crippen LogP contribution in [-0.4, -0.2) is 28.6 Å². The van der Waals surface area contributed by atoms with Gasteiger partial charge in [-0.3, -0.25) is 4.52 Å². The first-order valence-electron chi connectivity index (χ1n) is 13.2. The maximum Gasteiger partial charge on any atom is 0.381 e. The summed E-state index contributed by atoms with van der Waals surface area (Å²) in [7, 11) is -3.11. The molecule has 0 saturated carbocycles. The normalized spacial score (nSPS) is 14.1. The van der Waals surface area contributed by atoms with Crippen LogP contribution in [0.4, 0.5) is 0 Å². The quantitative estimate of drug-likeness (QED) is 0.250. The van der Waals surface area contributed by atoms with E-state index in [1.165, 1.54) is 0 Å². The monoisotopic (exact) mass is 507 g/mol.